The summed E-state index contributed by atoms with van der Waals surface area (Å²) in [5.74, 6) is -2.42. The highest BCUT2D eigenvalue weighted by Gasteiger charge is 2.33. The van der Waals surface area contributed by atoms with Crippen molar-refractivity contribution in [3.8, 4) is 0 Å². The Balaban J connectivity index is 2.36. The highest BCUT2D eigenvalue weighted by molar-refractivity contribution is 5.86. The maximum Gasteiger partial charge on any atom is 0.419 e. The molecule has 0 aliphatic heterocycles. The van der Waals surface area contributed by atoms with Gasteiger partial charge in [-0.2, -0.15) is 13.2 Å². The first-order valence-corrected chi connectivity index (χ1v) is 6.88. The van der Waals surface area contributed by atoms with Crippen molar-refractivity contribution in [3.63, 3.8) is 0 Å². The SMILES string of the molecule is CC(C)c1cc(C(=O)O)n(Cc2ccc(C(F)(F)F)c(F)c2)c1. The van der Waals surface area contributed by atoms with Crippen molar-refractivity contribution >= 4 is 5.97 Å². The Morgan fingerprint density at radius 2 is 1.91 bits per heavy atom. The summed E-state index contributed by atoms with van der Waals surface area (Å²) in [6, 6.07) is 4.10. The molecule has 1 heterocycles. The van der Waals surface area contributed by atoms with Crippen LogP contribution >= 0.6 is 0 Å². The van der Waals surface area contributed by atoms with E-state index in [4.69, 9.17) is 0 Å². The molecule has 2 rings (SSSR count). The number of carboxylic acids is 1. The Bertz CT molecular complexity index is 732. The van der Waals surface area contributed by atoms with Crippen LogP contribution in [0.2, 0.25) is 0 Å². The van der Waals surface area contributed by atoms with E-state index in [2.05, 4.69) is 0 Å². The Labute approximate surface area is 130 Å². The molecule has 0 atom stereocenters. The van der Waals surface area contributed by atoms with Crippen LogP contribution in [0, 0.1) is 5.82 Å². The summed E-state index contributed by atoms with van der Waals surface area (Å²) < 4.78 is 52.6. The molecule has 1 aromatic carbocycles. The number of hydrogen-bond donors (Lipinski definition) is 1. The summed E-state index contributed by atoms with van der Waals surface area (Å²) in [4.78, 5) is 11.3. The maximum absolute atomic E-state index is 13.6. The molecule has 0 unspecified atom stereocenters. The van der Waals surface area contributed by atoms with Crippen LogP contribution in [0.4, 0.5) is 17.6 Å². The molecule has 0 radical (unpaired) electrons. The molecule has 7 heteroatoms. The smallest absolute Gasteiger partial charge is 0.419 e. The second-order valence-corrected chi connectivity index (χ2v) is 5.56. The van der Waals surface area contributed by atoms with E-state index in [0.717, 1.165) is 17.7 Å². The monoisotopic (exact) mass is 329 g/mol. The zero-order valence-corrected chi connectivity index (χ0v) is 12.5. The number of carbonyl (C=O) groups is 1. The molecule has 0 aliphatic rings. The highest BCUT2D eigenvalue weighted by atomic mass is 19.4. The fourth-order valence-electron chi connectivity index (χ4n) is 2.24. The number of aromatic carboxylic acids is 1. The van der Waals surface area contributed by atoms with Gasteiger partial charge >= 0.3 is 12.1 Å². The van der Waals surface area contributed by atoms with Crippen LogP contribution in [0.5, 0.6) is 0 Å². The molecule has 0 bridgehead atoms. The van der Waals surface area contributed by atoms with Gasteiger partial charge in [0, 0.05) is 12.7 Å². The van der Waals surface area contributed by atoms with Crippen LogP contribution in [0.1, 0.15) is 46.9 Å². The Kier molecular flexibility index (Phi) is 4.49. The second kappa shape index (κ2) is 6.06. The number of benzene rings is 1. The van der Waals surface area contributed by atoms with Crippen molar-refractivity contribution in [2.45, 2.75) is 32.5 Å². The van der Waals surface area contributed by atoms with Gasteiger partial charge in [0.05, 0.1) is 5.56 Å². The van der Waals surface area contributed by atoms with Gasteiger partial charge in [-0.05, 0) is 35.2 Å². The van der Waals surface area contributed by atoms with Gasteiger partial charge in [-0.3, -0.25) is 0 Å². The highest BCUT2D eigenvalue weighted by Crippen LogP contribution is 2.31. The third-order valence-corrected chi connectivity index (χ3v) is 3.50. The molecule has 0 saturated carbocycles. The molecular weight excluding hydrogens is 314 g/mol. The second-order valence-electron chi connectivity index (χ2n) is 5.56. The lowest BCUT2D eigenvalue weighted by molar-refractivity contribution is -0.140. The molecular formula is C16H15F4NO2. The number of halogens is 4. The summed E-state index contributed by atoms with van der Waals surface area (Å²) in [5.41, 5.74) is -0.289. The zero-order chi connectivity index (χ0) is 17.4. The van der Waals surface area contributed by atoms with Crippen molar-refractivity contribution in [1.29, 1.82) is 0 Å². The van der Waals surface area contributed by atoms with Crippen LogP contribution in [-0.2, 0) is 12.7 Å². The number of nitrogens with zero attached hydrogens (tertiary/aromatic N) is 1. The van der Waals surface area contributed by atoms with E-state index in [0.29, 0.717) is 6.07 Å². The summed E-state index contributed by atoms with van der Waals surface area (Å²) in [6.07, 6.45) is -3.14. The molecule has 1 aromatic heterocycles. The summed E-state index contributed by atoms with van der Waals surface area (Å²) in [7, 11) is 0. The summed E-state index contributed by atoms with van der Waals surface area (Å²) in [6.45, 7) is 3.76. The minimum atomic E-state index is -4.76. The average molecular weight is 329 g/mol. The number of carboxylic acid groups (broad SMARTS) is 1. The molecule has 0 saturated heterocycles. The summed E-state index contributed by atoms with van der Waals surface area (Å²) >= 11 is 0. The Hall–Kier alpha value is -2.31. The zero-order valence-electron chi connectivity index (χ0n) is 12.5. The lowest BCUT2D eigenvalue weighted by atomic mass is 10.1. The van der Waals surface area contributed by atoms with Crippen molar-refractivity contribution in [1.82, 2.24) is 4.57 Å². The molecule has 0 spiro atoms. The van der Waals surface area contributed by atoms with Gasteiger partial charge in [0.25, 0.3) is 0 Å². The van der Waals surface area contributed by atoms with E-state index in [1.165, 1.54) is 10.6 Å². The van der Waals surface area contributed by atoms with Gasteiger partial charge in [0.1, 0.15) is 11.5 Å². The fourth-order valence-corrected chi connectivity index (χ4v) is 2.24. The number of alkyl halides is 3. The molecule has 0 amide bonds. The van der Waals surface area contributed by atoms with E-state index in [9.17, 15) is 27.5 Å². The maximum atomic E-state index is 13.6. The molecule has 23 heavy (non-hydrogen) atoms. The normalized spacial score (nSPS) is 12.0. The number of rotatable bonds is 4. The van der Waals surface area contributed by atoms with Gasteiger partial charge in [0.2, 0.25) is 0 Å². The van der Waals surface area contributed by atoms with Crippen molar-refractivity contribution in [2.24, 2.45) is 0 Å². The predicted octanol–water partition coefficient (Wildman–Crippen LogP) is 4.52. The largest absolute Gasteiger partial charge is 0.477 e. The first kappa shape index (κ1) is 17.1. The third kappa shape index (κ3) is 3.72. The quantitative estimate of drug-likeness (QED) is 0.838. The van der Waals surface area contributed by atoms with Gasteiger partial charge in [-0.1, -0.05) is 19.9 Å². The Morgan fingerprint density at radius 3 is 2.39 bits per heavy atom. The van der Waals surface area contributed by atoms with Gasteiger partial charge in [-0.15, -0.1) is 0 Å². The van der Waals surface area contributed by atoms with Gasteiger partial charge in [0.15, 0.2) is 0 Å². The molecule has 2 aromatic rings. The van der Waals surface area contributed by atoms with Gasteiger partial charge < -0.3 is 9.67 Å². The first-order chi connectivity index (χ1) is 10.6. The van der Waals surface area contributed by atoms with Crippen LogP contribution in [0.15, 0.2) is 30.5 Å². The van der Waals surface area contributed by atoms with Gasteiger partial charge in [-0.25, -0.2) is 9.18 Å². The molecule has 0 aliphatic carbocycles. The van der Waals surface area contributed by atoms with E-state index >= 15 is 0 Å². The van der Waals surface area contributed by atoms with E-state index < -0.39 is 23.5 Å². The number of hydrogen-bond acceptors (Lipinski definition) is 1. The van der Waals surface area contributed by atoms with Crippen molar-refractivity contribution in [3.05, 3.63) is 58.7 Å². The molecule has 1 N–H and O–H groups in total. The van der Waals surface area contributed by atoms with Crippen LogP contribution < -0.4 is 0 Å². The lowest BCUT2D eigenvalue weighted by Gasteiger charge is -2.11. The standard InChI is InChI=1S/C16H15F4NO2/c1-9(2)11-6-14(15(22)23)21(8-11)7-10-3-4-12(13(17)5-10)16(18,19)20/h3-6,8-9H,7H2,1-2H3,(H,22,23). The van der Waals surface area contributed by atoms with E-state index in [-0.39, 0.29) is 23.7 Å². The van der Waals surface area contributed by atoms with Crippen LogP contribution in [-0.4, -0.2) is 15.6 Å². The average Bonchev–Trinajstić information content (AvgIpc) is 2.81. The minimum Gasteiger partial charge on any atom is -0.477 e. The van der Waals surface area contributed by atoms with Crippen molar-refractivity contribution < 1.29 is 27.5 Å². The van der Waals surface area contributed by atoms with Crippen LogP contribution in [0.3, 0.4) is 0 Å². The van der Waals surface area contributed by atoms with Crippen LogP contribution in [0.25, 0.3) is 0 Å². The predicted molar refractivity (Wildman–Crippen MR) is 76.0 cm³/mol. The lowest BCUT2D eigenvalue weighted by Crippen LogP contribution is -2.11. The fraction of sp³-hybridized carbons (Fsp3) is 0.312. The van der Waals surface area contributed by atoms with Crippen molar-refractivity contribution in [2.75, 3.05) is 0 Å². The molecule has 0 fully saturated rings. The molecule has 3 nitrogen and oxygen atoms in total. The third-order valence-electron chi connectivity index (χ3n) is 3.50. The van der Waals surface area contributed by atoms with E-state index in [1.807, 2.05) is 13.8 Å². The van der Waals surface area contributed by atoms with E-state index in [1.54, 1.807) is 6.20 Å². The minimum absolute atomic E-state index is 0.00834. The Morgan fingerprint density at radius 1 is 1.26 bits per heavy atom. The first-order valence-electron chi connectivity index (χ1n) is 6.88. The molecule has 124 valence electrons. The topological polar surface area (TPSA) is 42.2 Å². The summed E-state index contributed by atoms with van der Waals surface area (Å²) in [5, 5.41) is 9.20. The number of aromatic nitrogens is 1.